The minimum Gasteiger partial charge on any atom is -0.339 e. The fourth-order valence-corrected chi connectivity index (χ4v) is 2.73. The van der Waals surface area contributed by atoms with Gasteiger partial charge in [-0.3, -0.25) is 4.79 Å². The van der Waals surface area contributed by atoms with Crippen LogP contribution >= 0.6 is 47.0 Å². The Balaban J connectivity index is 2.07. The van der Waals surface area contributed by atoms with Gasteiger partial charge in [-0.15, -0.1) is 0 Å². The van der Waals surface area contributed by atoms with Gasteiger partial charge < -0.3 is 16.0 Å². The van der Waals surface area contributed by atoms with Crippen molar-refractivity contribution in [2.75, 3.05) is 5.32 Å². The molecule has 0 aromatic heterocycles. The third-order valence-electron chi connectivity index (χ3n) is 3.58. The highest BCUT2D eigenvalue weighted by molar-refractivity contribution is 7.80. The molecule has 0 saturated heterocycles. The molecule has 0 aliphatic heterocycles. The minimum atomic E-state index is -1.81. The molecule has 0 radical (unpaired) electrons. The summed E-state index contributed by atoms with van der Waals surface area (Å²) in [4.78, 5) is 12.5. The van der Waals surface area contributed by atoms with E-state index in [-0.39, 0.29) is 11.0 Å². The molecule has 0 unspecified atom stereocenters. The van der Waals surface area contributed by atoms with Crippen LogP contribution < -0.4 is 16.0 Å². The van der Waals surface area contributed by atoms with Gasteiger partial charge in [-0.05, 0) is 49.8 Å². The molecule has 0 spiro atoms. The number of nitrogens with one attached hydrogen (secondary N) is 3. The predicted molar refractivity (Wildman–Crippen MR) is 113 cm³/mol. The van der Waals surface area contributed by atoms with E-state index in [1.54, 1.807) is 12.1 Å². The van der Waals surface area contributed by atoms with Gasteiger partial charge >= 0.3 is 0 Å². The molecule has 8 heteroatoms. The van der Waals surface area contributed by atoms with Crippen molar-refractivity contribution >= 4 is 63.7 Å². The zero-order chi connectivity index (χ0) is 19.3. The Bertz CT molecular complexity index is 791. The summed E-state index contributed by atoms with van der Waals surface area (Å²) in [6, 6.07) is 14.8. The summed E-state index contributed by atoms with van der Waals surface area (Å²) in [6.07, 6.45) is -1.02. The van der Waals surface area contributed by atoms with Gasteiger partial charge in [0.25, 0.3) is 5.91 Å². The van der Waals surface area contributed by atoms with E-state index in [4.69, 9.17) is 47.0 Å². The Kier molecular flexibility index (Phi) is 7.12. The lowest BCUT2D eigenvalue weighted by atomic mass is 10.1. The first-order valence-corrected chi connectivity index (χ1v) is 9.28. The van der Waals surface area contributed by atoms with E-state index in [2.05, 4.69) is 16.0 Å². The number of thiocarbonyl (C=S) groups is 1. The average Bonchev–Trinajstić information content (AvgIpc) is 2.56. The van der Waals surface area contributed by atoms with Crippen LogP contribution in [-0.2, 0) is 0 Å². The Morgan fingerprint density at radius 1 is 1.00 bits per heavy atom. The number of carbonyl (C=O) groups excluding carboxylic acids is 1. The largest absolute Gasteiger partial charge is 0.339 e. The molecule has 2 aromatic carbocycles. The van der Waals surface area contributed by atoms with Crippen molar-refractivity contribution in [3.05, 3.63) is 65.2 Å². The molecular weight excluding hydrogens is 413 g/mol. The first-order chi connectivity index (χ1) is 12.2. The van der Waals surface area contributed by atoms with Crippen LogP contribution in [0.3, 0.4) is 0 Å². The normalized spacial score (nSPS) is 12.2. The molecule has 2 aromatic rings. The fourth-order valence-electron chi connectivity index (χ4n) is 2.17. The van der Waals surface area contributed by atoms with Gasteiger partial charge in [-0.1, -0.05) is 70.7 Å². The van der Waals surface area contributed by atoms with Gasteiger partial charge in [0, 0.05) is 11.3 Å². The van der Waals surface area contributed by atoms with Crippen LogP contribution in [0.2, 0.25) is 0 Å². The lowest BCUT2D eigenvalue weighted by molar-refractivity contribution is 0.0934. The van der Waals surface area contributed by atoms with Crippen LogP contribution in [-0.4, -0.2) is 21.0 Å². The van der Waals surface area contributed by atoms with Crippen molar-refractivity contribution in [3.63, 3.8) is 0 Å². The summed E-state index contributed by atoms with van der Waals surface area (Å²) in [5.41, 5.74) is 3.21. The summed E-state index contributed by atoms with van der Waals surface area (Å²) in [6.45, 7) is 3.82. The van der Waals surface area contributed by atoms with E-state index in [1.165, 1.54) is 0 Å². The second-order valence-electron chi connectivity index (χ2n) is 5.73. The molecule has 26 heavy (non-hydrogen) atoms. The highest BCUT2D eigenvalue weighted by Crippen LogP contribution is 2.29. The van der Waals surface area contributed by atoms with Gasteiger partial charge in [0.1, 0.15) is 6.17 Å². The summed E-state index contributed by atoms with van der Waals surface area (Å²) < 4.78 is -1.81. The van der Waals surface area contributed by atoms with Crippen molar-refractivity contribution in [2.45, 2.75) is 23.8 Å². The molecule has 138 valence electrons. The van der Waals surface area contributed by atoms with Crippen LogP contribution in [0.1, 0.15) is 21.5 Å². The van der Waals surface area contributed by atoms with Crippen LogP contribution in [0.15, 0.2) is 48.5 Å². The van der Waals surface area contributed by atoms with Crippen LogP contribution in [0.5, 0.6) is 0 Å². The molecule has 1 atom stereocenters. The zero-order valence-corrected chi connectivity index (χ0v) is 17.2. The molecule has 0 heterocycles. The second kappa shape index (κ2) is 8.91. The zero-order valence-electron chi connectivity index (χ0n) is 14.1. The lowest BCUT2D eigenvalue weighted by Gasteiger charge is -2.28. The second-order valence-corrected chi connectivity index (χ2v) is 8.50. The van der Waals surface area contributed by atoms with Crippen LogP contribution in [0, 0.1) is 13.8 Å². The number of anilines is 1. The third-order valence-corrected chi connectivity index (χ3v) is 4.45. The molecule has 0 bridgehead atoms. The monoisotopic (exact) mass is 429 g/mol. The maximum atomic E-state index is 12.5. The number of alkyl halides is 3. The first kappa shape index (κ1) is 20.8. The molecular formula is C18H18Cl3N3OS. The number of benzene rings is 2. The van der Waals surface area contributed by atoms with Gasteiger partial charge in [0.2, 0.25) is 3.79 Å². The molecule has 0 saturated carbocycles. The van der Waals surface area contributed by atoms with Crippen molar-refractivity contribution < 1.29 is 4.79 Å². The smallest absolute Gasteiger partial charge is 0.253 e. The standard InChI is InChI=1S/C18H18Cl3N3OS/c1-11-7-9-13(10-8-11)22-17(26)24-16(18(19,20)21)23-15(25)14-6-4-3-5-12(14)2/h3-10,16H,1-2H3,(H,23,25)(H2,22,24,26)/t16-/m0/s1. The van der Waals surface area contributed by atoms with E-state index in [0.29, 0.717) is 5.56 Å². The third kappa shape index (κ3) is 6.02. The van der Waals surface area contributed by atoms with Gasteiger partial charge in [-0.25, -0.2) is 0 Å². The van der Waals surface area contributed by atoms with E-state index in [1.807, 2.05) is 50.2 Å². The Morgan fingerprint density at radius 2 is 1.62 bits per heavy atom. The summed E-state index contributed by atoms with van der Waals surface area (Å²) in [7, 11) is 0. The lowest BCUT2D eigenvalue weighted by Crippen LogP contribution is -2.56. The molecule has 1 amide bonds. The number of aryl methyl sites for hydroxylation is 2. The maximum Gasteiger partial charge on any atom is 0.253 e. The molecule has 0 fully saturated rings. The molecule has 0 aliphatic rings. The number of hydrogen-bond acceptors (Lipinski definition) is 2. The van der Waals surface area contributed by atoms with Crippen molar-refractivity contribution in [2.24, 2.45) is 0 Å². The first-order valence-electron chi connectivity index (χ1n) is 7.74. The van der Waals surface area contributed by atoms with Gasteiger partial charge in [0.15, 0.2) is 5.11 Å². The number of rotatable bonds is 4. The van der Waals surface area contributed by atoms with E-state index in [0.717, 1.165) is 16.8 Å². The maximum absolute atomic E-state index is 12.5. The SMILES string of the molecule is Cc1ccc(NC(=S)N[C@H](NC(=O)c2ccccc2C)C(Cl)(Cl)Cl)cc1. The Labute approximate surface area is 173 Å². The quantitative estimate of drug-likeness (QED) is 0.373. The fraction of sp³-hybridized carbons (Fsp3) is 0.222. The average molecular weight is 431 g/mol. The number of amides is 1. The van der Waals surface area contributed by atoms with Crippen LogP contribution in [0.4, 0.5) is 5.69 Å². The van der Waals surface area contributed by atoms with Gasteiger partial charge in [-0.2, -0.15) is 0 Å². The van der Waals surface area contributed by atoms with Crippen LogP contribution in [0.25, 0.3) is 0 Å². The topological polar surface area (TPSA) is 53.2 Å². The van der Waals surface area contributed by atoms with Crippen molar-refractivity contribution in [1.29, 1.82) is 0 Å². The highest BCUT2D eigenvalue weighted by atomic mass is 35.6. The summed E-state index contributed by atoms with van der Waals surface area (Å²) in [5.74, 6) is -0.370. The molecule has 2 rings (SSSR count). The van der Waals surface area contributed by atoms with Gasteiger partial charge in [0.05, 0.1) is 0 Å². The highest BCUT2D eigenvalue weighted by Gasteiger charge is 2.35. The predicted octanol–water partition coefficient (Wildman–Crippen LogP) is 4.72. The van der Waals surface area contributed by atoms with E-state index in [9.17, 15) is 4.79 Å². The minimum absolute atomic E-state index is 0.218. The van der Waals surface area contributed by atoms with Crippen molar-refractivity contribution in [1.82, 2.24) is 10.6 Å². The number of hydrogen-bond donors (Lipinski definition) is 3. The number of carbonyl (C=O) groups is 1. The van der Waals surface area contributed by atoms with E-state index >= 15 is 0 Å². The molecule has 0 aliphatic carbocycles. The Morgan fingerprint density at radius 3 is 2.19 bits per heavy atom. The number of halogens is 3. The van der Waals surface area contributed by atoms with E-state index < -0.39 is 9.96 Å². The summed E-state index contributed by atoms with van der Waals surface area (Å²) >= 11 is 23.3. The molecule has 4 nitrogen and oxygen atoms in total. The Hall–Kier alpha value is -1.53. The van der Waals surface area contributed by atoms with Crippen molar-refractivity contribution in [3.8, 4) is 0 Å². The summed E-state index contributed by atoms with van der Waals surface area (Å²) in [5, 5.41) is 8.71. The molecule has 3 N–H and O–H groups in total.